The molecule has 0 radical (unpaired) electrons. The van der Waals surface area contributed by atoms with Gasteiger partial charge in [-0.05, 0) is 48.5 Å². The van der Waals surface area contributed by atoms with Crippen LogP contribution in [0.3, 0.4) is 0 Å². The number of hydrogen-bond donors (Lipinski definition) is 1. The molecule has 0 aliphatic carbocycles. The Balaban J connectivity index is 0.000000320. The van der Waals surface area contributed by atoms with Crippen molar-refractivity contribution in [2.24, 2.45) is 11.8 Å². The van der Waals surface area contributed by atoms with Gasteiger partial charge in [-0.3, -0.25) is 9.59 Å². The van der Waals surface area contributed by atoms with Crippen molar-refractivity contribution < 1.29 is 19.1 Å². The van der Waals surface area contributed by atoms with Gasteiger partial charge in [0.2, 0.25) is 0 Å². The average molecular weight is 430 g/mol. The molecule has 0 aliphatic rings. The van der Waals surface area contributed by atoms with Crippen LogP contribution in [-0.4, -0.2) is 32.0 Å². The maximum atomic E-state index is 11.7. The molecule has 2 rings (SSSR count). The summed E-state index contributed by atoms with van der Waals surface area (Å²) in [6, 6.07) is 18.7. The summed E-state index contributed by atoms with van der Waals surface area (Å²) in [7, 11) is 3.09. The van der Waals surface area contributed by atoms with Crippen LogP contribution in [0.25, 0.3) is 0 Å². The first-order valence-electron chi connectivity index (χ1n) is 9.46. The number of nitrogens with one attached hydrogen (secondary N) is 1. The number of benzene rings is 2. The number of hydrogen-bond acceptors (Lipinski definition) is 8. The SMILES string of the molecule is COc1ccc(C(=O)CC(C#N)C#N)cc1.COc1ccc(C(=O)CC(C#N)C=N)cc1. The Labute approximate surface area is 186 Å². The zero-order valence-corrected chi connectivity index (χ0v) is 17.7. The van der Waals surface area contributed by atoms with E-state index in [-0.39, 0.29) is 24.4 Å². The summed E-state index contributed by atoms with van der Waals surface area (Å²) in [4.78, 5) is 23.3. The lowest BCUT2D eigenvalue weighted by molar-refractivity contribution is 0.0969. The predicted octanol–water partition coefficient (Wildman–Crippen LogP) is 3.99. The fourth-order valence-electron chi connectivity index (χ4n) is 2.44. The zero-order valence-electron chi connectivity index (χ0n) is 17.7. The Morgan fingerprint density at radius 3 is 1.53 bits per heavy atom. The predicted molar refractivity (Wildman–Crippen MR) is 116 cm³/mol. The van der Waals surface area contributed by atoms with Gasteiger partial charge in [-0.15, -0.1) is 0 Å². The number of nitriles is 3. The molecule has 0 amide bonds. The summed E-state index contributed by atoms with van der Waals surface area (Å²) in [5.41, 5.74) is 1.01. The first kappa shape index (κ1) is 25.6. The molecule has 8 heteroatoms. The fourth-order valence-corrected chi connectivity index (χ4v) is 2.44. The molecule has 0 spiro atoms. The number of carbonyl (C=O) groups excluding carboxylic acids is 2. The van der Waals surface area contributed by atoms with Crippen molar-refractivity contribution in [3.05, 3.63) is 59.7 Å². The molecule has 2 aromatic rings. The summed E-state index contributed by atoms with van der Waals surface area (Å²) >= 11 is 0. The van der Waals surface area contributed by atoms with E-state index in [9.17, 15) is 9.59 Å². The summed E-state index contributed by atoms with van der Waals surface area (Å²) in [5.74, 6) is -0.535. The van der Waals surface area contributed by atoms with Crippen molar-refractivity contribution in [2.45, 2.75) is 12.8 Å². The second-order valence-corrected chi connectivity index (χ2v) is 6.42. The molecule has 1 N–H and O–H groups in total. The largest absolute Gasteiger partial charge is 0.497 e. The number of nitrogens with zero attached hydrogens (tertiary/aromatic N) is 3. The number of carbonyl (C=O) groups is 2. The van der Waals surface area contributed by atoms with Crippen molar-refractivity contribution >= 4 is 17.8 Å². The maximum absolute atomic E-state index is 11.7. The molecular weight excluding hydrogens is 408 g/mol. The van der Waals surface area contributed by atoms with E-state index < -0.39 is 11.8 Å². The highest BCUT2D eigenvalue weighted by Crippen LogP contribution is 2.15. The quantitative estimate of drug-likeness (QED) is 0.467. The van der Waals surface area contributed by atoms with Gasteiger partial charge >= 0.3 is 0 Å². The second kappa shape index (κ2) is 13.7. The van der Waals surface area contributed by atoms with Crippen LogP contribution < -0.4 is 9.47 Å². The van der Waals surface area contributed by atoms with Gasteiger partial charge in [0.05, 0.1) is 38.3 Å². The highest BCUT2D eigenvalue weighted by Gasteiger charge is 2.14. The molecule has 0 saturated carbocycles. The lowest BCUT2D eigenvalue weighted by Gasteiger charge is -2.03. The molecule has 0 heterocycles. The van der Waals surface area contributed by atoms with E-state index >= 15 is 0 Å². The van der Waals surface area contributed by atoms with Gasteiger partial charge in [-0.2, -0.15) is 15.8 Å². The van der Waals surface area contributed by atoms with Crippen LogP contribution in [0.5, 0.6) is 11.5 Å². The van der Waals surface area contributed by atoms with Crippen molar-refractivity contribution in [3.63, 3.8) is 0 Å². The molecule has 1 unspecified atom stereocenters. The smallest absolute Gasteiger partial charge is 0.165 e. The number of ketones is 2. The Hall–Kier alpha value is -4.48. The van der Waals surface area contributed by atoms with Crippen LogP contribution in [0, 0.1) is 51.2 Å². The van der Waals surface area contributed by atoms with E-state index in [0.29, 0.717) is 22.6 Å². The summed E-state index contributed by atoms with van der Waals surface area (Å²) in [5, 5.41) is 32.7. The molecule has 2 aromatic carbocycles. The van der Waals surface area contributed by atoms with Crippen molar-refractivity contribution in [1.29, 1.82) is 21.2 Å². The molecule has 0 fully saturated rings. The van der Waals surface area contributed by atoms with E-state index in [1.54, 1.807) is 67.8 Å². The first-order valence-corrected chi connectivity index (χ1v) is 9.46. The van der Waals surface area contributed by atoms with Gasteiger partial charge in [-0.25, -0.2) is 0 Å². The van der Waals surface area contributed by atoms with Crippen molar-refractivity contribution in [3.8, 4) is 29.7 Å². The summed E-state index contributed by atoms with van der Waals surface area (Å²) in [6.45, 7) is 0. The molecule has 0 saturated heterocycles. The van der Waals surface area contributed by atoms with Crippen LogP contribution in [-0.2, 0) is 0 Å². The van der Waals surface area contributed by atoms with Crippen molar-refractivity contribution in [2.75, 3.05) is 14.2 Å². The van der Waals surface area contributed by atoms with Crippen molar-refractivity contribution in [1.82, 2.24) is 0 Å². The lowest BCUT2D eigenvalue weighted by atomic mass is 10.0. The molecule has 1 atom stereocenters. The second-order valence-electron chi connectivity index (χ2n) is 6.42. The fraction of sp³-hybridized carbons (Fsp3) is 0.250. The topological polar surface area (TPSA) is 148 Å². The molecule has 0 aliphatic heterocycles. The van der Waals surface area contributed by atoms with Crippen LogP contribution in [0.4, 0.5) is 0 Å². The van der Waals surface area contributed by atoms with Gasteiger partial charge in [0, 0.05) is 30.2 Å². The highest BCUT2D eigenvalue weighted by atomic mass is 16.5. The van der Waals surface area contributed by atoms with Crippen LogP contribution in [0.1, 0.15) is 33.6 Å². The van der Waals surface area contributed by atoms with Gasteiger partial charge in [0.15, 0.2) is 11.6 Å². The minimum atomic E-state index is -0.880. The molecule has 0 aromatic heterocycles. The summed E-state index contributed by atoms with van der Waals surface area (Å²) in [6.07, 6.45) is 0.965. The van der Waals surface area contributed by atoms with Crippen LogP contribution in [0.15, 0.2) is 48.5 Å². The third-order valence-electron chi connectivity index (χ3n) is 4.30. The minimum Gasteiger partial charge on any atom is -0.497 e. The van der Waals surface area contributed by atoms with Crippen LogP contribution in [0.2, 0.25) is 0 Å². The normalized spacial score (nSPS) is 10.2. The number of rotatable bonds is 9. The third-order valence-corrected chi connectivity index (χ3v) is 4.30. The van der Waals surface area contributed by atoms with Gasteiger partial charge in [0.25, 0.3) is 0 Å². The third kappa shape index (κ3) is 8.10. The van der Waals surface area contributed by atoms with E-state index in [4.69, 9.17) is 30.7 Å². The lowest BCUT2D eigenvalue weighted by Crippen LogP contribution is -2.07. The van der Waals surface area contributed by atoms with E-state index in [0.717, 1.165) is 6.21 Å². The maximum Gasteiger partial charge on any atom is 0.165 e. The standard InChI is InChI=1S/C12H12N2O2.C12H10N2O2/c2*1-16-11-4-2-10(3-5-11)12(15)6-9(7-13)8-14/h2-5,7,9,13H,6H2,1H3;2-5,9H,6H2,1H3. The first-order chi connectivity index (χ1) is 15.4. The zero-order chi connectivity index (χ0) is 23.9. The van der Waals surface area contributed by atoms with E-state index in [1.165, 1.54) is 7.11 Å². The molecule has 8 nitrogen and oxygen atoms in total. The summed E-state index contributed by atoms with van der Waals surface area (Å²) < 4.78 is 9.93. The molecule has 162 valence electrons. The number of ether oxygens (including phenoxy) is 2. The Morgan fingerprint density at radius 1 is 0.812 bits per heavy atom. The Morgan fingerprint density at radius 2 is 1.22 bits per heavy atom. The average Bonchev–Trinajstić information content (AvgIpc) is 2.85. The minimum absolute atomic E-state index is 0.0479. The number of Topliss-reactive ketones (excluding diaryl/α,β-unsaturated/α-hetero) is 2. The number of methoxy groups -OCH3 is 2. The van der Waals surface area contributed by atoms with Crippen LogP contribution >= 0.6 is 0 Å². The highest BCUT2D eigenvalue weighted by molar-refractivity contribution is 5.98. The Bertz CT molecular complexity index is 1030. The van der Waals surface area contributed by atoms with Gasteiger partial charge in [-0.1, -0.05) is 0 Å². The molecule has 0 bridgehead atoms. The molecular formula is C24H22N4O4. The van der Waals surface area contributed by atoms with Gasteiger partial charge in [0.1, 0.15) is 17.4 Å². The van der Waals surface area contributed by atoms with E-state index in [1.807, 2.05) is 6.07 Å². The van der Waals surface area contributed by atoms with Gasteiger partial charge < -0.3 is 14.9 Å². The molecule has 32 heavy (non-hydrogen) atoms. The van der Waals surface area contributed by atoms with E-state index in [2.05, 4.69) is 0 Å². The monoisotopic (exact) mass is 430 g/mol. The Kier molecular flexibility index (Phi) is 10.9.